The fraction of sp³-hybridized carbons (Fsp3) is 0.640. The van der Waals surface area contributed by atoms with E-state index in [4.69, 9.17) is 0 Å². The van der Waals surface area contributed by atoms with Crippen molar-refractivity contribution in [2.24, 2.45) is 11.8 Å². The summed E-state index contributed by atoms with van der Waals surface area (Å²) in [6.07, 6.45) is 16.6. The molecule has 2 atom stereocenters. The van der Waals surface area contributed by atoms with Gasteiger partial charge < -0.3 is 20.6 Å². The fourth-order valence-electron chi connectivity index (χ4n) is 4.89. The van der Waals surface area contributed by atoms with Crippen LogP contribution in [0.1, 0.15) is 77.0 Å². The number of aliphatic hydroxyl groups is 3. The van der Waals surface area contributed by atoms with Gasteiger partial charge in [0.2, 0.25) is 5.91 Å². The third kappa shape index (κ3) is 7.77. The zero-order valence-corrected chi connectivity index (χ0v) is 18.2. The summed E-state index contributed by atoms with van der Waals surface area (Å²) in [4.78, 5) is 12.6. The smallest absolute Gasteiger partial charge is 0.220 e. The first-order valence-electron chi connectivity index (χ1n) is 11.4. The van der Waals surface area contributed by atoms with Crippen LogP contribution in [0.25, 0.3) is 0 Å². The number of hydrogen-bond donors (Lipinski definition) is 4. The topological polar surface area (TPSA) is 89.8 Å². The van der Waals surface area contributed by atoms with Crippen LogP contribution < -0.4 is 5.32 Å². The zero-order valence-electron chi connectivity index (χ0n) is 18.2. The van der Waals surface area contributed by atoms with E-state index >= 15 is 0 Å². The van der Waals surface area contributed by atoms with Crippen molar-refractivity contribution in [3.05, 3.63) is 48.8 Å². The molecular weight excluding hydrogens is 378 g/mol. The van der Waals surface area contributed by atoms with Crippen LogP contribution >= 0.6 is 0 Å². The van der Waals surface area contributed by atoms with Crippen molar-refractivity contribution >= 4 is 5.91 Å². The molecule has 0 aromatic heterocycles. The summed E-state index contributed by atoms with van der Waals surface area (Å²) >= 11 is 0. The Bertz CT molecular complexity index is 644. The van der Waals surface area contributed by atoms with Gasteiger partial charge in [0.1, 0.15) is 0 Å². The normalized spacial score (nSPS) is 22.1. The maximum Gasteiger partial charge on any atom is 0.220 e. The summed E-state index contributed by atoms with van der Waals surface area (Å²) in [5.74, 6) is -0.0814. The van der Waals surface area contributed by atoms with Gasteiger partial charge in [-0.3, -0.25) is 4.79 Å². The van der Waals surface area contributed by atoms with Crippen LogP contribution in [0.3, 0.4) is 0 Å². The van der Waals surface area contributed by atoms with Gasteiger partial charge in [-0.05, 0) is 62.9 Å². The Morgan fingerprint density at radius 2 is 2.00 bits per heavy atom. The Hall–Kier alpha value is -1.85. The van der Waals surface area contributed by atoms with Crippen molar-refractivity contribution in [2.45, 2.75) is 88.9 Å². The van der Waals surface area contributed by atoms with Crippen LogP contribution in [-0.2, 0) is 4.79 Å². The number of hydrogen-bond acceptors (Lipinski definition) is 4. The molecule has 168 valence electrons. The highest BCUT2D eigenvalue weighted by Crippen LogP contribution is 2.34. The summed E-state index contributed by atoms with van der Waals surface area (Å²) in [6.45, 7) is 7.52. The lowest BCUT2D eigenvalue weighted by molar-refractivity contribution is -0.131. The molecule has 1 amide bonds. The van der Waals surface area contributed by atoms with Crippen LogP contribution in [0.2, 0.25) is 0 Å². The van der Waals surface area contributed by atoms with E-state index in [9.17, 15) is 20.1 Å². The molecule has 0 aromatic rings. The standard InChI is InChI=1S/C25H39NO4/c1-3-20(21-12-5-4-6-13-21)11-7-8-14-22(24(29)30)17-23(28)26-25(18-19(2)27)15-9-10-16-25/h3-5,11,21-22,24,27,29-30H,1-2,6-10,12-18H2,(H,26,28)/b20-11+. The van der Waals surface area contributed by atoms with Crippen LogP contribution in [0, 0.1) is 11.8 Å². The maximum atomic E-state index is 12.6. The summed E-state index contributed by atoms with van der Waals surface area (Å²) in [5.41, 5.74) is 0.829. The highest BCUT2D eigenvalue weighted by atomic mass is 16.5. The van der Waals surface area contributed by atoms with Gasteiger partial charge in [0, 0.05) is 24.3 Å². The van der Waals surface area contributed by atoms with Gasteiger partial charge in [-0.2, -0.15) is 0 Å². The van der Waals surface area contributed by atoms with Crippen LogP contribution in [0.5, 0.6) is 0 Å². The molecule has 1 fully saturated rings. The van der Waals surface area contributed by atoms with Crippen molar-refractivity contribution in [1.82, 2.24) is 5.32 Å². The Balaban J connectivity index is 1.84. The molecule has 0 radical (unpaired) electrons. The van der Waals surface area contributed by atoms with Gasteiger partial charge >= 0.3 is 0 Å². The summed E-state index contributed by atoms with van der Waals surface area (Å²) in [5, 5.41) is 32.2. The number of rotatable bonds is 12. The second-order valence-corrected chi connectivity index (χ2v) is 8.98. The second-order valence-electron chi connectivity index (χ2n) is 8.98. The third-order valence-electron chi connectivity index (χ3n) is 6.51. The SMILES string of the molecule is C=C/C(=C\CCCC(CC(=O)NC1(CC(=C)O)CCCC1)C(O)O)C1CC=CCC1. The quantitative estimate of drug-likeness (QED) is 0.120. The first-order valence-corrected chi connectivity index (χ1v) is 11.4. The van der Waals surface area contributed by atoms with E-state index in [0.717, 1.165) is 57.8 Å². The Morgan fingerprint density at radius 1 is 1.27 bits per heavy atom. The zero-order chi connectivity index (χ0) is 22.0. The molecule has 0 bridgehead atoms. The molecule has 5 heteroatoms. The predicted molar refractivity (Wildman–Crippen MR) is 121 cm³/mol. The molecule has 0 aromatic carbocycles. The first kappa shape index (κ1) is 24.4. The van der Waals surface area contributed by atoms with Gasteiger partial charge in [-0.25, -0.2) is 0 Å². The number of nitrogens with one attached hydrogen (secondary N) is 1. The van der Waals surface area contributed by atoms with Gasteiger partial charge in [-0.1, -0.05) is 50.3 Å². The average Bonchev–Trinajstić information content (AvgIpc) is 3.14. The molecule has 5 nitrogen and oxygen atoms in total. The van der Waals surface area contributed by atoms with Crippen molar-refractivity contribution in [3.63, 3.8) is 0 Å². The molecule has 0 saturated heterocycles. The predicted octanol–water partition coefficient (Wildman–Crippen LogP) is 4.83. The monoisotopic (exact) mass is 417 g/mol. The third-order valence-corrected chi connectivity index (χ3v) is 6.51. The summed E-state index contributed by atoms with van der Waals surface area (Å²) in [7, 11) is 0. The average molecular weight is 418 g/mol. The molecule has 4 N–H and O–H groups in total. The second kappa shape index (κ2) is 12.1. The lowest BCUT2D eigenvalue weighted by Gasteiger charge is -2.31. The molecule has 0 heterocycles. The molecule has 2 aliphatic carbocycles. The van der Waals surface area contributed by atoms with Gasteiger partial charge in [0.05, 0.1) is 5.76 Å². The van der Waals surface area contributed by atoms with Crippen molar-refractivity contribution in [1.29, 1.82) is 0 Å². The number of carbonyl (C=O) groups excluding carboxylic acids is 1. The lowest BCUT2D eigenvalue weighted by atomic mass is 9.86. The maximum absolute atomic E-state index is 12.6. The van der Waals surface area contributed by atoms with E-state index in [-0.39, 0.29) is 18.1 Å². The number of aliphatic hydroxyl groups excluding tert-OH is 2. The van der Waals surface area contributed by atoms with E-state index < -0.39 is 17.7 Å². The van der Waals surface area contributed by atoms with Gasteiger partial charge in [0.25, 0.3) is 0 Å². The van der Waals surface area contributed by atoms with E-state index in [0.29, 0.717) is 18.8 Å². The highest BCUT2D eigenvalue weighted by Gasteiger charge is 2.36. The van der Waals surface area contributed by atoms with Crippen LogP contribution in [-0.4, -0.2) is 33.1 Å². The minimum absolute atomic E-state index is 0.0722. The molecule has 0 aliphatic heterocycles. The fourth-order valence-corrected chi connectivity index (χ4v) is 4.89. The van der Waals surface area contributed by atoms with Gasteiger partial charge in [0.15, 0.2) is 6.29 Å². The molecule has 1 saturated carbocycles. The lowest BCUT2D eigenvalue weighted by Crippen LogP contribution is -2.47. The summed E-state index contributed by atoms with van der Waals surface area (Å²) < 4.78 is 0. The largest absolute Gasteiger partial charge is 0.513 e. The minimum atomic E-state index is -1.52. The minimum Gasteiger partial charge on any atom is -0.513 e. The van der Waals surface area contributed by atoms with Crippen LogP contribution in [0.4, 0.5) is 0 Å². The van der Waals surface area contributed by atoms with Crippen molar-refractivity contribution in [3.8, 4) is 0 Å². The van der Waals surface area contributed by atoms with Crippen molar-refractivity contribution < 1.29 is 20.1 Å². The van der Waals surface area contributed by atoms with E-state index in [2.05, 4.69) is 36.7 Å². The number of carbonyl (C=O) groups is 1. The highest BCUT2D eigenvalue weighted by molar-refractivity contribution is 5.77. The van der Waals surface area contributed by atoms with E-state index in [1.807, 2.05) is 6.08 Å². The number of amides is 1. The molecule has 2 aliphatic rings. The number of unbranched alkanes of at least 4 members (excludes halogenated alkanes) is 1. The molecular formula is C25H39NO4. The molecule has 0 spiro atoms. The summed E-state index contributed by atoms with van der Waals surface area (Å²) in [6, 6.07) is 0. The Morgan fingerprint density at radius 3 is 2.57 bits per heavy atom. The van der Waals surface area contributed by atoms with E-state index in [1.54, 1.807) is 0 Å². The van der Waals surface area contributed by atoms with Crippen molar-refractivity contribution in [2.75, 3.05) is 0 Å². The number of allylic oxidation sites excluding steroid dienone is 5. The van der Waals surface area contributed by atoms with Gasteiger partial charge in [-0.15, -0.1) is 0 Å². The molecule has 2 unspecified atom stereocenters. The Kier molecular flexibility index (Phi) is 9.86. The molecule has 2 rings (SSSR count). The molecule has 30 heavy (non-hydrogen) atoms. The van der Waals surface area contributed by atoms with E-state index in [1.165, 1.54) is 5.57 Å². The van der Waals surface area contributed by atoms with Crippen LogP contribution in [0.15, 0.2) is 48.8 Å². The Labute approximate surface area is 181 Å². The first-order chi connectivity index (χ1) is 14.3.